The van der Waals surface area contributed by atoms with Crippen LogP contribution in [0.15, 0.2) is 24.3 Å². The maximum atomic E-state index is 12.6. The first-order valence-electron chi connectivity index (χ1n) is 3.82. The summed E-state index contributed by atoms with van der Waals surface area (Å²) < 4.78 is 13.2. The summed E-state index contributed by atoms with van der Waals surface area (Å²) in [5.41, 5.74) is 0.782. The molecule has 0 bridgehead atoms. The summed E-state index contributed by atoms with van der Waals surface area (Å²) in [7, 11) is 0. The van der Waals surface area contributed by atoms with Gasteiger partial charge in [-0.15, -0.1) is 5.10 Å². The summed E-state index contributed by atoms with van der Waals surface area (Å²) in [5.74, 6) is -0.259. The Labute approximate surface area is 88.6 Å². The Balaban J connectivity index is 2.19. The number of hydrogen-bond acceptors (Lipinski definition) is 4. The molecule has 3 nitrogen and oxygen atoms in total. The molecule has 0 fully saturated rings. The maximum absolute atomic E-state index is 12.6. The van der Waals surface area contributed by atoms with Crippen molar-refractivity contribution in [1.29, 1.82) is 0 Å². The summed E-state index contributed by atoms with van der Waals surface area (Å²) in [6, 6.07) is 6.04. The molecule has 1 aromatic carbocycles. The molecule has 0 saturated heterocycles. The van der Waals surface area contributed by atoms with E-state index in [9.17, 15) is 4.39 Å². The molecule has 0 aliphatic heterocycles. The normalized spacial score (nSPS) is 10.1. The van der Waals surface area contributed by atoms with E-state index < -0.39 is 0 Å². The monoisotopic (exact) mass is 227 g/mol. The van der Waals surface area contributed by atoms with E-state index in [2.05, 4.69) is 15.5 Å². The van der Waals surface area contributed by atoms with Gasteiger partial charge in [-0.3, -0.25) is 5.10 Å². The van der Waals surface area contributed by atoms with Crippen LogP contribution >= 0.6 is 23.6 Å². The van der Waals surface area contributed by atoms with Crippen molar-refractivity contribution in [3.63, 3.8) is 0 Å². The van der Waals surface area contributed by atoms with Crippen molar-refractivity contribution < 1.29 is 4.39 Å². The van der Waals surface area contributed by atoms with Crippen molar-refractivity contribution in [2.45, 2.75) is 0 Å². The third-order valence-corrected chi connectivity index (χ3v) is 2.54. The Morgan fingerprint density at radius 3 is 2.64 bits per heavy atom. The molecule has 1 aromatic heterocycles. The maximum Gasteiger partial charge on any atom is 0.208 e. The van der Waals surface area contributed by atoms with E-state index in [1.807, 2.05) is 0 Å². The lowest BCUT2D eigenvalue weighted by Gasteiger charge is -1.99. The third kappa shape index (κ3) is 2.15. The molecule has 1 heterocycles. The second-order valence-corrected chi connectivity index (χ2v) is 4.22. The van der Waals surface area contributed by atoms with Crippen LogP contribution in [0.2, 0.25) is 0 Å². The zero-order valence-electron chi connectivity index (χ0n) is 6.95. The minimum Gasteiger partial charge on any atom is -0.330 e. The number of rotatable bonds is 2. The number of aromatic nitrogens is 2. The Bertz CT molecular complexity index is 474. The van der Waals surface area contributed by atoms with Gasteiger partial charge in [-0.2, -0.15) is 0 Å². The first-order valence-corrected chi connectivity index (χ1v) is 5.04. The number of halogens is 1. The fraction of sp³-hybridized carbons (Fsp3) is 0. The Hall–Kier alpha value is -1.27. The van der Waals surface area contributed by atoms with E-state index >= 15 is 0 Å². The molecule has 0 radical (unpaired) electrons. The first kappa shape index (κ1) is 9.29. The van der Waals surface area contributed by atoms with Crippen LogP contribution in [0.4, 0.5) is 15.2 Å². The summed E-state index contributed by atoms with van der Waals surface area (Å²) in [6.07, 6.45) is 0. The number of H-pyrrole nitrogens is 1. The van der Waals surface area contributed by atoms with Crippen molar-refractivity contribution in [1.82, 2.24) is 10.2 Å². The fourth-order valence-electron chi connectivity index (χ4n) is 0.940. The van der Waals surface area contributed by atoms with Crippen LogP contribution in [-0.2, 0) is 0 Å². The molecule has 2 N–H and O–H groups in total. The Morgan fingerprint density at radius 2 is 2.07 bits per heavy atom. The molecule has 6 heteroatoms. The SMILES string of the molecule is Fc1ccc(Nc2n[nH]c(=S)s2)cc1. The van der Waals surface area contributed by atoms with Gasteiger partial charge in [0.15, 0.2) is 3.95 Å². The molecular formula is C8H6FN3S2. The lowest BCUT2D eigenvalue weighted by molar-refractivity contribution is 0.628. The van der Waals surface area contributed by atoms with Gasteiger partial charge in [0.25, 0.3) is 0 Å². The molecule has 2 rings (SSSR count). The van der Waals surface area contributed by atoms with Crippen molar-refractivity contribution in [3.8, 4) is 0 Å². The fourth-order valence-corrected chi connectivity index (χ4v) is 1.75. The van der Waals surface area contributed by atoms with Crippen molar-refractivity contribution in [2.24, 2.45) is 0 Å². The van der Waals surface area contributed by atoms with Crippen LogP contribution in [-0.4, -0.2) is 10.2 Å². The van der Waals surface area contributed by atoms with Gasteiger partial charge in [0.05, 0.1) is 0 Å². The molecule has 0 aliphatic rings. The van der Waals surface area contributed by atoms with E-state index in [0.717, 1.165) is 5.69 Å². The summed E-state index contributed by atoms with van der Waals surface area (Å²) in [6.45, 7) is 0. The van der Waals surface area contributed by atoms with Gasteiger partial charge in [-0.25, -0.2) is 4.39 Å². The topological polar surface area (TPSA) is 40.7 Å². The summed E-state index contributed by atoms with van der Waals surface area (Å²) in [4.78, 5) is 0. The molecule has 0 atom stereocenters. The number of benzene rings is 1. The van der Waals surface area contributed by atoms with Crippen molar-refractivity contribution in [3.05, 3.63) is 34.0 Å². The van der Waals surface area contributed by atoms with Crippen LogP contribution in [0, 0.1) is 9.77 Å². The van der Waals surface area contributed by atoms with Gasteiger partial charge in [0.1, 0.15) is 5.82 Å². The predicted molar refractivity (Wildman–Crippen MR) is 57.0 cm³/mol. The quantitative estimate of drug-likeness (QED) is 0.774. The molecule has 14 heavy (non-hydrogen) atoms. The van der Waals surface area contributed by atoms with Crippen molar-refractivity contribution >= 4 is 34.4 Å². The summed E-state index contributed by atoms with van der Waals surface area (Å²) in [5, 5.41) is 10.2. The zero-order valence-corrected chi connectivity index (χ0v) is 8.58. The molecule has 0 aliphatic carbocycles. The lowest BCUT2D eigenvalue weighted by Crippen LogP contribution is -1.89. The van der Waals surface area contributed by atoms with Crippen LogP contribution in [0.5, 0.6) is 0 Å². The molecule has 0 unspecified atom stereocenters. The standard InChI is InChI=1S/C8H6FN3S2/c9-5-1-3-6(4-2-5)10-7-11-12-8(13)14-7/h1-4H,(H,10,11)(H,12,13). The van der Waals surface area contributed by atoms with Crippen LogP contribution in [0.25, 0.3) is 0 Å². The van der Waals surface area contributed by atoms with Crippen LogP contribution < -0.4 is 5.32 Å². The second kappa shape index (κ2) is 3.85. The highest BCUT2D eigenvalue weighted by molar-refractivity contribution is 7.73. The molecule has 72 valence electrons. The van der Waals surface area contributed by atoms with Crippen LogP contribution in [0.1, 0.15) is 0 Å². The highest BCUT2D eigenvalue weighted by Crippen LogP contribution is 2.18. The first-order chi connectivity index (χ1) is 6.74. The van der Waals surface area contributed by atoms with Gasteiger partial charge in [-0.1, -0.05) is 11.3 Å². The molecule has 0 amide bonds. The van der Waals surface area contributed by atoms with Gasteiger partial charge >= 0.3 is 0 Å². The average Bonchev–Trinajstić information content (AvgIpc) is 2.56. The number of anilines is 2. The van der Waals surface area contributed by atoms with E-state index in [1.165, 1.54) is 23.5 Å². The number of nitrogens with one attached hydrogen (secondary N) is 2. The largest absolute Gasteiger partial charge is 0.330 e. The number of nitrogens with zero attached hydrogens (tertiary/aromatic N) is 1. The summed E-state index contributed by atoms with van der Waals surface area (Å²) >= 11 is 6.20. The highest BCUT2D eigenvalue weighted by Gasteiger charge is 1.97. The average molecular weight is 227 g/mol. The van der Waals surface area contributed by atoms with Crippen molar-refractivity contribution in [2.75, 3.05) is 5.32 Å². The van der Waals surface area contributed by atoms with E-state index in [1.54, 1.807) is 12.1 Å². The number of hydrogen-bond donors (Lipinski definition) is 2. The van der Waals surface area contributed by atoms with E-state index in [4.69, 9.17) is 12.2 Å². The Morgan fingerprint density at radius 1 is 1.36 bits per heavy atom. The predicted octanol–water partition coefficient (Wildman–Crippen LogP) is 3.08. The molecule has 2 aromatic rings. The minimum absolute atomic E-state index is 0.259. The van der Waals surface area contributed by atoms with Gasteiger partial charge < -0.3 is 5.32 Å². The smallest absolute Gasteiger partial charge is 0.208 e. The van der Waals surface area contributed by atoms with Crippen LogP contribution in [0.3, 0.4) is 0 Å². The molecular weight excluding hydrogens is 221 g/mol. The molecule has 0 spiro atoms. The zero-order chi connectivity index (χ0) is 9.97. The number of aromatic amines is 1. The Kier molecular flexibility index (Phi) is 2.55. The molecule has 0 saturated carbocycles. The van der Waals surface area contributed by atoms with E-state index in [-0.39, 0.29) is 5.82 Å². The lowest BCUT2D eigenvalue weighted by atomic mass is 10.3. The highest BCUT2D eigenvalue weighted by atomic mass is 32.1. The van der Waals surface area contributed by atoms with Gasteiger partial charge in [0, 0.05) is 5.69 Å². The van der Waals surface area contributed by atoms with E-state index in [0.29, 0.717) is 9.09 Å². The van der Waals surface area contributed by atoms with Gasteiger partial charge in [-0.05, 0) is 36.5 Å². The van der Waals surface area contributed by atoms with Gasteiger partial charge in [0.2, 0.25) is 5.13 Å². The minimum atomic E-state index is -0.259. The second-order valence-electron chi connectivity index (χ2n) is 2.55. The third-order valence-electron chi connectivity index (χ3n) is 1.53.